The topological polar surface area (TPSA) is 70.4 Å². The second-order valence-corrected chi connectivity index (χ2v) is 12.5. The van der Waals surface area contributed by atoms with Crippen molar-refractivity contribution in [2.24, 2.45) is 13.0 Å². The molecule has 6 nitrogen and oxygen atoms in total. The highest BCUT2D eigenvalue weighted by atomic mass is 35.5. The van der Waals surface area contributed by atoms with Crippen molar-refractivity contribution in [2.45, 2.75) is 80.9 Å². The van der Waals surface area contributed by atoms with Gasteiger partial charge in [-0.2, -0.15) is 0 Å². The Kier molecular flexibility index (Phi) is 7.99. The molecule has 0 radical (unpaired) electrons. The van der Waals surface area contributed by atoms with Crippen LogP contribution >= 0.6 is 35.0 Å². The minimum Gasteiger partial charge on any atom is -0.489 e. The van der Waals surface area contributed by atoms with Gasteiger partial charge in [0.25, 0.3) is 0 Å². The van der Waals surface area contributed by atoms with Crippen LogP contribution in [0.15, 0.2) is 41.6 Å². The van der Waals surface area contributed by atoms with Crippen LogP contribution < -0.4 is 4.74 Å². The van der Waals surface area contributed by atoms with Crippen LogP contribution in [0.3, 0.4) is 0 Å². The van der Waals surface area contributed by atoms with Crippen molar-refractivity contribution < 1.29 is 19.1 Å². The lowest BCUT2D eigenvalue weighted by Gasteiger charge is -2.42. The second-order valence-electron chi connectivity index (χ2n) is 10.6. The number of halogens is 2. The lowest BCUT2D eigenvalue weighted by molar-refractivity contribution is -0.177. The van der Waals surface area contributed by atoms with E-state index in [1.54, 1.807) is 12.1 Å². The molecule has 5 rings (SSSR count). The number of carbonyl (C=O) groups is 2. The fourth-order valence-corrected chi connectivity index (χ4v) is 7.10. The van der Waals surface area contributed by atoms with Gasteiger partial charge in [0.05, 0.1) is 22.2 Å². The average molecular weight is 576 g/mol. The Hall–Kier alpha value is -2.22. The molecule has 1 aliphatic carbocycles. The van der Waals surface area contributed by atoms with Gasteiger partial charge in [0.15, 0.2) is 16.2 Å². The summed E-state index contributed by atoms with van der Waals surface area (Å²) in [6, 6.07) is 11.2. The normalized spacial score (nSPS) is 22.4. The number of Topliss-reactive ketones (excluding diaryl/α,β-unsaturated/α-hetero) is 1. The number of imidazole rings is 1. The number of ether oxygens (including phenoxy) is 2. The van der Waals surface area contributed by atoms with E-state index in [0.29, 0.717) is 33.8 Å². The number of thioether (sulfide) groups is 1. The van der Waals surface area contributed by atoms with Crippen molar-refractivity contribution in [1.29, 1.82) is 0 Å². The first-order valence-electron chi connectivity index (χ1n) is 13.1. The second kappa shape index (κ2) is 11.1. The summed E-state index contributed by atoms with van der Waals surface area (Å²) in [4.78, 5) is 31.6. The van der Waals surface area contributed by atoms with E-state index in [2.05, 4.69) is 4.98 Å². The molecule has 2 aliphatic rings. The number of nitrogens with zero attached hydrogens (tertiary/aromatic N) is 2. The zero-order chi connectivity index (χ0) is 27.0. The van der Waals surface area contributed by atoms with E-state index in [4.69, 9.17) is 32.7 Å². The standard InChI is InChI=1S/C29H32Cl2N2O4S/c1-17(2)36-25-11-8-18(14-21(25)31)12-13-29(19-6-4-5-7-19)16-24(34)26(27(35)37-29)38-28-32-22-15-20(30)9-10-23(22)33(28)3/h8-11,14-15,17,19,26H,4-7,12-13,16H2,1-3H3. The number of hydrogen-bond acceptors (Lipinski definition) is 6. The van der Waals surface area contributed by atoms with Crippen LogP contribution in [0.25, 0.3) is 11.0 Å². The summed E-state index contributed by atoms with van der Waals surface area (Å²) < 4.78 is 13.9. The zero-order valence-corrected chi connectivity index (χ0v) is 24.2. The number of aryl methyl sites for hydroxylation is 2. The molecule has 0 spiro atoms. The number of hydrogen-bond donors (Lipinski definition) is 0. The van der Waals surface area contributed by atoms with Crippen LogP contribution in [-0.4, -0.2) is 38.3 Å². The van der Waals surface area contributed by atoms with Gasteiger partial charge < -0.3 is 14.0 Å². The summed E-state index contributed by atoms with van der Waals surface area (Å²) in [6.45, 7) is 3.92. The van der Waals surface area contributed by atoms with Crippen molar-refractivity contribution in [3.8, 4) is 5.75 Å². The number of benzene rings is 2. The molecular formula is C29H32Cl2N2O4S. The van der Waals surface area contributed by atoms with E-state index in [-0.39, 0.29) is 24.2 Å². The Morgan fingerprint density at radius 1 is 1.16 bits per heavy atom. The van der Waals surface area contributed by atoms with Gasteiger partial charge in [-0.25, -0.2) is 4.98 Å². The van der Waals surface area contributed by atoms with Gasteiger partial charge in [-0.05, 0) is 81.3 Å². The molecule has 1 aliphatic heterocycles. The van der Waals surface area contributed by atoms with Crippen LogP contribution in [0.5, 0.6) is 5.75 Å². The lowest BCUT2D eigenvalue weighted by atomic mass is 9.76. The summed E-state index contributed by atoms with van der Waals surface area (Å²) in [5.74, 6) is 0.265. The number of aromatic nitrogens is 2. The summed E-state index contributed by atoms with van der Waals surface area (Å²) in [6.07, 6.45) is 5.60. The Morgan fingerprint density at radius 2 is 1.92 bits per heavy atom. The Balaban J connectivity index is 1.34. The van der Waals surface area contributed by atoms with E-state index < -0.39 is 16.8 Å². The van der Waals surface area contributed by atoms with Crippen LogP contribution in [0, 0.1) is 5.92 Å². The third kappa shape index (κ3) is 5.56. The number of esters is 1. The van der Waals surface area contributed by atoms with Crippen molar-refractivity contribution in [1.82, 2.24) is 9.55 Å². The first-order valence-corrected chi connectivity index (χ1v) is 14.8. The van der Waals surface area contributed by atoms with E-state index in [1.165, 1.54) is 0 Å². The van der Waals surface area contributed by atoms with Crippen LogP contribution in [0.2, 0.25) is 10.0 Å². The van der Waals surface area contributed by atoms with Gasteiger partial charge in [-0.1, -0.05) is 53.9 Å². The van der Waals surface area contributed by atoms with Crippen molar-refractivity contribution in [3.05, 3.63) is 52.0 Å². The molecule has 2 fully saturated rings. The maximum Gasteiger partial charge on any atom is 0.327 e. The maximum absolute atomic E-state index is 13.6. The molecule has 9 heteroatoms. The van der Waals surface area contributed by atoms with Gasteiger partial charge in [-0.15, -0.1) is 0 Å². The Labute approximate surface area is 237 Å². The molecule has 2 heterocycles. The molecular weight excluding hydrogens is 543 g/mol. The fourth-order valence-electron chi connectivity index (χ4n) is 5.71. The average Bonchev–Trinajstić information content (AvgIpc) is 3.50. The highest BCUT2D eigenvalue weighted by Crippen LogP contribution is 2.46. The molecule has 2 unspecified atom stereocenters. The van der Waals surface area contributed by atoms with Crippen LogP contribution in [0.4, 0.5) is 0 Å². The van der Waals surface area contributed by atoms with Gasteiger partial charge in [0.1, 0.15) is 11.4 Å². The van der Waals surface area contributed by atoms with Crippen molar-refractivity contribution >= 4 is 57.7 Å². The molecule has 38 heavy (non-hydrogen) atoms. The van der Waals surface area contributed by atoms with E-state index >= 15 is 0 Å². The summed E-state index contributed by atoms with van der Waals surface area (Å²) in [5, 5.41) is 0.801. The Bertz CT molecular complexity index is 1350. The predicted molar refractivity (Wildman–Crippen MR) is 151 cm³/mol. The van der Waals surface area contributed by atoms with Crippen molar-refractivity contribution in [3.63, 3.8) is 0 Å². The number of carbonyl (C=O) groups excluding carboxylic acids is 2. The molecule has 1 saturated carbocycles. The molecule has 202 valence electrons. The highest BCUT2D eigenvalue weighted by Gasteiger charge is 2.52. The Morgan fingerprint density at radius 3 is 2.61 bits per heavy atom. The van der Waals surface area contributed by atoms with Crippen LogP contribution in [0.1, 0.15) is 57.9 Å². The third-order valence-electron chi connectivity index (χ3n) is 7.60. The van der Waals surface area contributed by atoms with Crippen LogP contribution in [-0.2, 0) is 27.8 Å². The predicted octanol–water partition coefficient (Wildman–Crippen LogP) is 7.21. The van der Waals surface area contributed by atoms with Gasteiger partial charge >= 0.3 is 5.97 Å². The van der Waals surface area contributed by atoms with Gasteiger partial charge in [-0.3, -0.25) is 9.59 Å². The summed E-state index contributed by atoms with van der Waals surface area (Å²) >= 11 is 13.8. The molecule has 2 atom stereocenters. The number of rotatable bonds is 8. The minimum absolute atomic E-state index is 0.0319. The van der Waals surface area contributed by atoms with E-state index in [9.17, 15) is 9.59 Å². The molecule has 0 bridgehead atoms. The number of cyclic esters (lactones) is 1. The van der Waals surface area contributed by atoms with Gasteiger partial charge in [0, 0.05) is 18.5 Å². The summed E-state index contributed by atoms with van der Waals surface area (Å²) in [7, 11) is 1.87. The maximum atomic E-state index is 13.6. The molecule has 1 saturated heterocycles. The third-order valence-corrected chi connectivity index (χ3v) is 9.40. The van der Waals surface area contributed by atoms with Crippen molar-refractivity contribution in [2.75, 3.05) is 0 Å². The number of fused-ring (bicyclic) bond motifs is 1. The highest BCUT2D eigenvalue weighted by molar-refractivity contribution is 8.01. The first kappa shape index (κ1) is 27.4. The largest absolute Gasteiger partial charge is 0.489 e. The fraction of sp³-hybridized carbons (Fsp3) is 0.483. The van der Waals surface area contributed by atoms with E-state index in [1.807, 2.05) is 49.7 Å². The van der Waals surface area contributed by atoms with Gasteiger partial charge in [0.2, 0.25) is 0 Å². The monoisotopic (exact) mass is 574 g/mol. The quantitative estimate of drug-likeness (QED) is 0.209. The zero-order valence-electron chi connectivity index (χ0n) is 21.8. The minimum atomic E-state index is -0.933. The van der Waals surface area contributed by atoms with E-state index in [0.717, 1.165) is 54.0 Å². The molecule has 0 amide bonds. The summed E-state index contributed by atoms with van der Waals surface area (Å²) in [5.41, 5.74) is 1.85. The lowest BCUT2D eigenvalue weighted by Crippen LogP contribution is -2.53. The molecule has 1 aromatic heterocycles. The number of ketones is 1. The first-order chi connectivity index (χ1) is 18.1. The molecule has 3 aromatic rings. The molecule has 2 aromatic carbocycles. The SMILES string of the molecule is CC(C)Oc1ccc(CCC2(C3CCCC3)CC(=O)C(Sc3nc4cc(Cl)ccc4n3C)C(=O)O2)cc1Cl. The molecule has 0 N–H and O–H groups in total. The smallest absolute Gasteiger partial charge is 0.327 e.